The van der Waals surface area contributed by atoms with Crippen molar-refractivity contribution < 1.29 is 14.3 Å². The van der Waals surface area contributed by atoms with Gasteiger partial charge in [-0.1, -0.05) is 30.3 Å². The van der Waals surface area contributed by atoms with Gasteiger partial charge in [0.05, 0.1) is 18.4 Å². The van der Waals surface area contributed by atoms with E-state index in [1.165, 1.54) is 16.7 Å². The van der Waals surface area contributed by atoms with Crippen molar-refractivity contribution in [2.45, 2.75) is 11.4 Å². The second kappa shape index (κ2) is 9.13. The number of methoxy groups -OCH3 is 1. The average molecular weight is 358 g/mol. The van der Waals surface area contributed by atoms with Crippen molar-refractivity contribution in [3.05, 3.63) is 59.7 Å². The molecule has 132 valence electrons. The maximum Gasteiger partial charge on any atom is 0.252 e. The molecule has 0 aliphatic carbocycles. The Balaban J connectivity index is 2.05. The Morgan fingerprint density at radius 1 is 1.08 bits per heavy atom. The number of rotatable bonds is 7. The lowest BCUT2D eigenvalue weighted by molar-refractivity contribution is -0.125. The molecule has 25 heavy (non-hydrogen) atoms. The lowest BCUT2D eigenvalue weighted by Crippen LogP contribution is -2.25. The number of nitrogens with zero attached hydrogens (tertiary/aromatic N) is 1. The second-order valence-corrected chi connectivity index (χ2v) is 6.58. The molecule has 0 bridgehead atoms. The fraction of sp³-hybridized carbons (Fsp3) is 0.263. The van der Waals surface area contributed by atoms with E-state index < -0.39 is 0 Å². The Bertz CT molecular complexity index is 747. The number of hydrogen-bond donors (Lipinski definition) is 1. The van der Waals surface area contributed by atoms with Gasteiger partial charge in [-0.15, -0.1) is 11.8 Å². The first-order valence-electron chi connectivity index (χ1n) is 7.85. The summed E-state index contributed by atoms with van der Waals surface area (Å²) in [4.78, 5) is 26.7. The van der Waals surface area contributed by atoms with Crippen molar-refractivity contribution in [3.63, 3.8) is 0 Å². The summed E-state index contributed by atoms with van der Waals surface area (Å²) in [6, 6.07) is 14.9. The van der Waals surface area contributed by atoms with Crippen LogP contribution in [-0.4, -0.2) is 43.7 Å². The maximum atomic E-state index is 12.6. The minimum absolute atomic E-state index is 0.00855. The molecule has 1 N–H and O–H groups in total. The molecule has 0 unspecified atom stereocenters. The van der Waals surface area contributed by atoms with E-state index in [2.05, 4.69) is 5.32 Å². The summed E-state index contributed by atoms with van der Waals surface area (Å²) in [5.41, 5.74) is 1.47. The zero-order chi connectivity index (χ0) is 18.2. The number of carbonyl (C=O) groups is 2. The molecule has 2 aromatic carbocycles. The highest BCUT2D eigenvalue weighted by Gasteiger charge is 2.14. The van der Waals surface area contributed by atoms with Crippen molar-refractivity contribution in [1.29, 1.82) is 0 Å². The van der Waals surface area contributed by atoms with E-state index in [-0.39, 0.29) is 11.8 Å². The Morgan fingerprint density at radius 2 is 1.76 bits per heavy atom. The van der Waals surface area contributed by atoms with Crippen LogP contribution in [0.2, 0.25) is 0 Å². The predicted octanol–water partition coefficient (Wildman–Crippen LogP) is 2.81. The summed E-state index contributed by atoms with van der Waals surface area (Å²) in [5.74, 6) is 0.867. The van der Waals surface area contributed by atoms with Gasteiger partial charge < -0.3 is 15.0 Å². The molecule has 0 heterocycles. The standard InChI is InChI=1S/C19H22N2O3S/c1-21(2)18(22)13-25-17-11-7-5-9-15(17)19(23)20-12-14-8-4-6-10-16(14)24-3/h4-11H,12-13H2,1-3H3,(H,20,23). The largest absolute Gasteiger partial charge is 0.496 e. The lowest BCUT2D eigenvalue weighted by Gasteiger charge is -2.13. The second-order valence-electron chi connectivity index (χ2n) is 5.57. The zero-order valence-corrected chi connectivity index (χ0v) is 15.4. The van der Waals surface area contributed by atoms with Gasteiger partial charge in [-0.05, 0) is 18.2 Å². The molecule has 5 nitrogen and oxygen atoms in total. The van der Waals surface area contributed by atoms with Gasteiger partial charge in [0.25, 0.3) is 5.91 Å². The monoisotopic (exact) mass is 358 g/mol. The van der Waals surface area contributed by atoms with Crippen molar-refractivity contribution in [2.24, 2.45) is 0 Å². The van der Waals surface area contributed by atoms with Crippen molar-refractivity contribution >= 4 is 23.6 Å². The molecule has 0 aliphatic heterocycles. The first-order chi connectivity index (χ1) is 12.0. The van der Waals surface area contributed by atoms with Crippen LogP contribution in [-0.2, 0) is 11.3 Å². The molecular formula is C19H22N2O3S. The van der Waals surface area contributed by atoms with Crippen LogP contribution in [0.4, 0.5) is 0 Å². The number of carbonyl (C=O) groups excluding carboxylic acids is 2. The first kappa shape index (κ1) is 18.9. The van der Waals surface area contributed by atoms with Gasteiger partial charge in [0.2, 0.25) is 5.91 Å². The van der Waals surface area contributed by atoms with Crippen LogP contribution in [0.3, 0.4) is 0 Å². The third-order valence-corrected chi connectivity index (χ3v) is 4.67. The quantitative estimate of drug-likeness (QED) is 0.773. The minimum atomic E-state index is -0.175. The minimum Gasteiger partial charge on any atom is -0.496 e. The summed E-state index contributed by atoms with van der Waals surface area (Å²) < 4.78 is 5.30. The maximum absolute atomic E-state index is 12.6. The highest BCUT2D eigenvalue weighted by Crippen LogP contribution is 2.23. The Morgan fingerprint density at radius 3 is 2.48 bits per heavy atom. The van der Waals surface area contributed by atoms with Crippen LogP contribution < -0.4 is 10.1 Å². The van der Waals surface area contributed by atoms with Gasteiger partial charge in [-0.25, -0.2) is 0 Å². The lowest BCUT2D eigenvalue weighted by atomic mass is 10.1. The molecule has 0 fully saturated rings. The predicted molar refractivity (Wildman–Crippen MR) is 100 cm³/mol. The van der Waals surface area contributed by atoms with Gasteiger partial charge in [-0.3, -0.25) is 9.59 Å². The Kier molecular flexibility index (Phi) is 6.89. The summed E-state index contributed by atoms with van der Waals surface area (Å²) >= 11 is 1.36. The number of ether oxygens (including phenoxy) is 1. The first-order valence-corrected chi connectivity index (χ1v) is 8.83. The van der Waals surface area contributed by atoms with Crippen LogP contribution in [0.15, 0.2) is 53.4 Å². The van der Waals surface area contributed by atoms with Gasteiger partial charge in [0.1, 0.15) is 5.75 Å². The van der Waals surface area contributed by atoms with Gasteiger partial charge in [-0.2, -0.15) is 0 Å². The molecule has 0 radical (unpaired) electrons. The number of hydrogen-bond acceptors (Lipinski definition) is 4. The summed E-state index contributed by atoms with van der Waals surface area (Å²) in [6.07, 6.45) is 0. The van der Waals surface area contributed by atoms with E-state index in [1.54, 1.807) is 27.3 Å². The fourth-order valence-corrected chi connectivity index (χ4v) is 3.20. The zero-order valence-electron chi connectivity index (χ0n) is 14.6. The summed E-state index contributed by atoms with van der Waals surface area (Å²) in [6.45, 7) is 0.373. The molecule has 6 heteroatoms. The SMILES string of the molecule is COc1ccccc1CNC(=O)c1ccccc1SCC(=O)N(C)C. The van der Waals surface area contributed by atoms with Crippen molar-refractivity contribution in [2.75, 3.05) is 27.0 Å². The topological polar surface area (TPSA) is 58.6 Å². The molecule has 0 spiro atoms. The molecule has 0 aromatic heterocycles. The van der Waals surface area contributed by atoms with E-state index in [1.807, 2.05) is 42.5 Å². The fourth-order valence-electron chi connectivity index (χ4n) is 2.17. The van der Waals surface area contributed by atoms with Crippen LogP contribution in [0.1, 0.15) is 15.9 Å². The summed E-state index contributed by atoms with van der Waals surface area (Å²) in [7, 11) is 5.04. The normalized spacial score (nSPS) is 10.2. The van der Waals surface area contributed by atoms with Crippen LogP contribution >= 0.6 is 11.8 Å². The van der Waals surface area contributed by atoms with Crippen LogP contribution in [0, 0.1) is 0 Å². The molecule has 0 atom stereocenters. The van der Waals surface area contributed by atoms with Gasteiger partial charge in [0, 0.05) is 31.1 Å². The molecule has 0 aliphatic rings. The van der Waals surface area contributed by atoms with E-state index in [0.717, 1.165) is 16.2 Å². The number of nitrogens with one attached hydrogen (secondary N) is 1. The third-order valence-electron chi connectivity index (χ3n) is 3.61. The number of benzene rings is 2. The molecule has 0 saturated heterocycles. The Labute approximate surface area is 152 Å². The van der Waals surface area contributed by atoms with Crippen LogP contribution in [0.5, 0.6) is 5.75 Å². The Hall–Kier alpha value is -2.47. The van der Waals surface area contributed by atoms with E-state index in [9.17, 15) is 9.59 Å². The van der Waals surface area contributed by atoms with Gasteiger partial charge >= 0.3 is 0 Å². The summed E-state index contributed by atoms with van der Waals surface area (Å²) in [5, 5.41) is 2.91. The van der Waals surface area contributed by atoms with Gasteiger partial charge in [0.15, 0.2) is 0 Å². The van der Waals surface area contributed by atoms with Crippen molar-refractivity contribution in [3.8, 4) is 5.75 Å². The highest BCUT2D eigenvalue weighted by atomic mass is 32.2. The molecule has 2 amide bonds. The van der Waals surface area contributed by atoms with Crippen LogP contribution in [0.25, 0.3) is 0 Å². The van der Waals surface area contributed by atoms with Crippen molar-refractivity contribution in [1.82, 2.24) is 10.2 Å². The number of para-hydroxylation sites is 1. The third kappa shape index (κ3) is 5.26. The number of thioether (sulfide) groups is 1. The van der Waals surface area contributed by atoms with E-state index in [0.29, 0.717) is 17.9 Å². The molecular weight excluding hydrogens is 336 g/mol. The smallest absolute Gasteiger partial charge is 0.252 e. The molecule has 0 saturated carbocycles. The molecule has 2 rings (SSSR count). The van der Waals surface area contributed by atoms with E-state index >= 15 is 0 Å². The highest BCUT2D eigenvalue weighted by molar-refractivity contribution is 8.00. The van der Waals surface area contributed by atoms with E-state index in [4.69, 9.17) is 4.74 Å². The number of amides is 2. The molecule has 2 aromatic rings. The average Bonchev–Trinajstić information content (AvgIpc) is 2.64.